The average Bonchev–Trinajstić information content (AvgIpc) is 2.99. The van der Waals surface area contributed by atoms with Crippen molar-refractivity contribution in [3.8, 4) is 5.75 Å². The summed E-state index contributed by atoms with van der Waals surface area (Å²) < 4.78 is 6.23. The lowest BCUT2D eigenvalue weighted by molar-refractivity contribution is -0.115. The quantitative estimate of drug-likeness (QED) is 0.899. The summed E-state index contributed by atoms with van der Waals surface area (Å²) in [6.07, 6.45) is 9.35. The SMILES string of the molecule is O=C1Cc2c(C3CCCCC3)ccc(OC3CCNCC3)c2N1. The Labute approximate surface area is 138 Å². The van der Waals surface area contributed by atoms with Crippen molar-refractivity contribution in [1.29, 1.82) is 0 Å². The zero-order valence-corrected chi connectivity index (χ0v) is 13.7. The second-order valence-electron chi connectivity index (χ2n) is 7.13. The summed E-state index contributed by atoms with van der Waals surface area (Å²) in [7, 11) is 0. The molecule has 3 aliphatic rings. The molecule has 2 aliphatic heterocycles. The number of hydrogen-bond acceptors (Lipinski definition) is 3. The van der Waals surface area contributed by atoms with Crippen LogP contribution in [0.5, 0.6) is 5.75 Å². The number of fused-ring (bicyclic) bond motifs is 1. The van der Waals surface area contributed by atoms with Crippen molar-refractivity contribution in [3.05, 3.63) is 23.3 Å². The third-order valence-electron chi connectivity index (χ3n) is 5.54. The minimum absolute atomic E-state index is 0.110. The van der Waals surface area contributed by atoms with Crippen LogP contribution in [0.1, 0.15) is 62.0 Å². The number of amides is 1. The van der Waals surface area contributed by atoms with Crippen LogP contribution in [-0.4, -0.2) is 25.1 Å². The van der Waals surface area contributed by atoms with Crippen LogP contribution in [0.4, 0.5) is 5.69 Å². The van der Waals surface area contributed by atoms with E-state index in [2.05, 4.69) is 22.8 Å². The molecule has 4 rings (SSSR count). The standard InChI is InChI=1S/C19H26N2O2/c22-18-12-16-15(13-4-2-1-3-5-13)6-7-17(19(16)21-18)23-14-8-10-20-11-9-14/h6-7,13-14,20H,1-5,8-12H2,(H,21,22). The maximum Gasteiger partial charge on any atom is 0.228 e. The fraction of sp³-hybridized carbons (Fsp3) is 0.632. The van der Waals surface area contributed by atoms with E-state index in [1.807, 2.05) is 0 Å². The van der Waals surface area contributed by atoms with Crippen molar-refractivity contribution in [2.45, 2.75) is 63.4 Å². The van der Waals surface area contributed by atoms with Gasteiger partial charge >= 0.3 is 0 Å². The van der Waals surface area contributed by atoms with Gasteiger partial charge in [-0.05, 0) is 61.9 Å². The number of hydrogen-bond donors (Lipinski definition) is 2. The number of carbonyl (C=O) groups excluding carboxylic acids is 1. The van der Waals surface area contributed by atoms with E-state index in [9.17, 15) is 4.79 Å². The summed E-state index contributed by atoms with van der Waals surface area (Å²) in [6.45, 7) is 2.03. The lowest BCUT2D eigenvalue weighted by Gasteiger charge is -2.27. The number of rotatable bonds is 3. The molecule has 2 N–H and O–H groups in total. The third-order valence-corrected chi connectivity index (χ3v) is 5.54. The van der Waals surface area contributed by atoms with Gasteiger partial charge < -0.3 is 15.4 Å². The predicted molar refractivity (Wildman–Crippen MR) is 91.1 cm³/mol. The van der Waals surface area contributed by atoms with Crippen LogP contribution in [0.25, 0.3) is 0 Å². The van der Waals surface area contributed by atoms with Crippen molar-refractivity contribution < 1.29 is 9.53 Å². The molecule has 0 unspecified atom stereocenters. The Morgan fingerprint density at radius 1 is 1.00 bits per heavy atom. The minimum Gasteiger partial charge on any atom is -0.488 e. The molecule has 0 aromatic heterocycles. The molecule has 23 heavy (non-hydrogen) atoms. The first-order chi connectivity index (χ1) is 11.3. The molecule has 1 amide bonds. The Balaban J connectivity index is 1.61. The molecular formula is C19H26N2O2. The fourth-order valence-electron chi connectivity index (χ4n) is 4.30. The Bertz CT molecular complexity index is 587. The zero-order valence-electron chi connectivity index (χ0n) is 13.7. The maximum atomic E-state index is 12.0. The van der Waals surface area contributed by atoms with E-state index in [0.717, 1.165) is 37.4 Å². The first kappa shape index (κ1) is 15.0. The number of benzene rings is 1. The van der Waals surface area contributed by atoms with Crippen LogP contribution in [0, 0.1) is 0 Å². The van der Waals surface area contributed by atoms with Gasteiger partial charge in [0.2, 0.25) is 5.91 Å². The van der Waals surface area contributed by atoms with E-state index < -0.39 is 0 Å². The second-order valence-corrected chi connectivity index (χ2v) is 7.13. The molecule has 1 saturated carbocycles. The highest BCUT2D eigenvalue weighted by molar-refractivity contribution is 6.01. The van der Waals surface area contributed by atoms with E-state index in [1.54, 1.807) is 0 Å². The summed E-state index contributed by atoms with van der Waals surface area (Å²) in [5.74, 6) is 1.61. The lowest BCUT2D eigenvalue weighted by atomic mass is 9.81. The summed E-state index contributed by atoms with van der Waals surface area (Å²) >= 11 is 0. The Morgan fingerprint density at radius 2 is 1.78 bits per heavy atom. The van der Waals surface area contributed by atoms with Gasteiger partial charge in [0.1, 0.15) is 11.9 Å². The molecule has 0 atom stereocenters. The lowest BCUT2D eigenvalue weighted by Crippen LogP contribution is -2.34. The van der Waals surface area contributed by atoms with Gasteiger partial charge in [0.25, 0.3) is 0 Å². The number of carbonyl (C=O) groups is 1. The molecule has 4 nitrogen and oxygen atoms in total. The van der Waals surface area contributed by atoms with E-state index in [4.69, 9.17) is 4.74 Å². The Morgan fingerprint density at radius 3 is 2.57 bits per heavy atom. The monoisotopic (exact) mass is 314 g/mol. The molecule has 0 radical (unpaired) electrons. The van der Waals surface area contributed by atoms with Crippen molar-refractivity contribution in [2.24, 2.45) is 0 Å². The first-order valence-corrected chi connectivity index (χ1v) is 9.14. The molecular weight excluding hydrogens is 288 g/mol. The van der Waals surface area contributed by atoms with Crippen molar-refractivity contribution in [3.63, 3.8) is 0 Å². The molecule has 2 heterocycles. The van der Waals surface area contributed by atoms with Gasteiger partial charge in [-0.15, -0.1) is 0 Å². The summed E-state index contributed by atoms with van der Waals surface area (Å²) in [4.78, 5) is 12.0. The molecule has 1 aliphatic carbocycles. The van der Waals surface area contributed by atoms with E-state index in [-0.39, 0.29) is 12.0 Å². The predicted octanol–water partition coefficient (Wildman–Crippen LogP) is 3.36. The van der Waals surface area contributed by atoms with Crippen LogP contribution in [0.3, 0.4) is 0 Å². The molecule has 0 spiro atoms. The third kappa shape index (κ3) is 3.09. The molecule has 4 heteroatoms. The van der Waals surface area contributed by atoms with Gasteiger partial charge in [-0.2, -0.15) is 0 Å². The topological polar surface area (TPSA) is 50.4 Å². The summed E-state index contributed by atoms with van der Waals surface area (Å²) in [5.41, 5.74) is 3.54. The molecule has 1 aromatic rings. The second kappa shape index (κ2) is 6.52. The Kier molecular flexibility index (Phi) is 4.25. The van der Waals surface area contributed by atoms with Crippen LogP contribution < -0.4 is 15.4 Å². The van der Waals surface area contributed by atoms with Gasteiger partial charge in [0.15, 0.2) is 0 Å². The van der Waals surface area contributed by atoms with Gasteiger partial charge in [0, 0.05) is 0 Å². The maximum absolute atomic E-state index is 12.0. The normalized spacial score (nSPS) is 22.7. The minimum atomic E-state index is 0.110. The van der Waals surface area contributed by atoms with Crippen LogP contribution in [0.15, 0.2) is 12.1 Å². The van der Waals surface area contributed by atoms with E-state index in [1.165, 1.54) is 43.2 Å². The van der Waals surface area contributed by atoms with Gasteiger partial charge in [0.05, 0.1) is 12.1 Å². The number of nitrogens with one attached hydrogen (secondary N) is 2. The van der Waals surface area contributed by atoms with Gasteiger partial charge in [-0.3, -0.25) is 4.79 Å². The Hall–Kier alpha value is -1.55. The number of piperidine rings is 1. The van der Waals surface area contributed by atoms with Gasteiger partial charge in [-0.25, -0.2) is 0 Å². The molecule has 124 valence electrons. The molecule has 2 fully saturated rings. The highest BCUT2D eigenvalue weighted by Gasteiger charge is 2.29. The largest absolute Gasteiger partial charge is 0.488 e. The average molecular weight is 314 g/mol. The molecule has 0 bridgehead atoms. The fourth-order valence-corrected chi connectivity index (χ4v) is 4.30. The zero-order chi connectivity index (χ0) is 15.6. The van der Waals surface area contributed by atoms with Crippen LogP contribution >= 0.6 is 0 Å². The first-order valence-electron chi connectivity index (χ1n) is 9.14. The summed E-state index contributed by atoms with van der Waals surface area (Å²) in [5, 5.41) is 6.42. The smallest absolute Gasteiger partial charge is 0.228 e. The molecule has 1 saturated heterocycles. The van der Waals surface area contributed by atoms with Crippen molar-refractivity contribution >= 4 is 11.6 Å². The van der Waals surface area contributed by atoms with Crippen molar-refractivity contribution in [1.82, 2.24) is 5.32 Å². The van der Waals surface area contributed by atoms with Crippen LogP contribution in [0.2, 0.25) is 0 Å². The van der Waals surface area contributed by atoms with Crippen molar-refractivity contribution in [2.75, 3.05) is 18.4 Å². The van der Waals surface area contributed by atoms with E-state index in [0.29, 0.717) is 12.3 Å². The van der Waals surface area contributed by atoms with E-state index >= 15 is 0 Å². The number of ether oxygens (including phenoxy) is 1. The number of anilines is 1. The van der Waals surface area contributed by atoms with Gasteiger partial charge in [-0.1, -0.05) is 25.3 Å². The molecule has 1 aromatic carbocycles. The highest BCUT2D eigenvalue weighted by atomic mass is 16.5. The highest BCUT2D eigenvalue weighted by Crippen LogP contribution is 2.43. The summed E-state index contributed by atoms with van der Waals surface area (Å²) in [6, 6.07) is 4.32. The van der Waals surface area contributed by atoms with Crippen LogP contribution in [-0.2, 0) is 11.2 Å².